The summed E-state index contributed by atoms with van der Waals surface area (Å²) in [5, 5.41) is 1.29. The molecule has 2 aliphatic heterocycles. The van der Waals surface area contributed by atoms with Gasteiger partial charge in [-0.15, -0.1) is 0 Å². The normalized spacial score (nSPS) is 21.1. The van der Waals surface area contributed by atoms with Crippen LogP contribution >= 0.6 is 15.9 Å². The summed E-state index contributed by atoms with van der Waals surface area (Å²) in [6, 6.07) is 17.7. The average Bonchev–Trinajstić information content (AvgIpc) is 3.39. The summed E-state index contributed by atoms with van der Waals surface area (Å²) in [4.78, 5) is 42.4. The second-order valence-electron chi connectivity index (χ2n) is 8.72. The number of imide groups is 1. The molecular formula is C27H24BrN3O5. The van der Waals surface area contributed by atoms with E-state index in [1.165, 1.54) is 17.0 Å². The minimum atomic E-state index is -1.03. The molecule has 3 atom stereocenters. The maximum Gasteiger partial charge on any atom is 0.268 e. The van der Waals surface area contributed by atoms with Gasteiger partial charge in [-0.05, 0) is 55.0 Å². The number of amides is 3. The SMILES string of the molecule is COc1ccc([C@@H]2NN(C(=O)c3cccc(Br)c3)[C@@H]3C(=O)N(c4cccc(C)c4)C(=O)[C@@H]32)c(OC)c1. The van der Waals surface area contributed by atoms with Gasteiger partial charge in [0.15, 0.2) is 0 Å². The Balaban J connectivity index is 1.62. The second-order valence-corrected chi connectivity index (χ2v) is 9.64. The van der Waals surface area contributed by atoms with Gasteiger partial charge in [0, 0.05) is 21.7 Å². The Labute approximate surface area is 216 Å². The molecule has 0 unspecified atom stereocenters. The Bertz CT molecular complexity index is 1380. The van der Waals surface area contributed by atoms with Crippen LogP contribution in [0.5, 0.6) is 11.5 Å². The number of rotatable bonds is 5. The fourth-order valence-corrected chi connectivity index (χ4v) is 5.29. The zero-order valence-corrected chi connectivity index (χ0v) is 21.5. The lowest BCUT2D eigenvalue weighted by Gasteiger charge is -2.26. The van der Waals surface area contributed by atoms with Gasteiger partial charge >= 0.3 is 0 Å². The number of aryl methyl sites for hydroxylation is 1. The lowest BCUT2D eigenvalue weighted by atomic mass is 9.90. The van der Waals surface area contributed by atoms with Gasteiger partial charge < -0.3 is 9.47 Å². The summed E-state index contributed by atoms with van der Waals surface area (Å²) in [5.41, 5.74) is 5.58. The van der Waals surface area contributed by atoms with Crippen molar-refractivity contribution in [3.8, 4) is 11.5 Å². The topological polar surface area (TPSA) is 88.2 Å². The first-order chi connectivity index (χ1) is 17.3. The molecule has 2 fully saturated rings. The van der Waals surface area contributed by atoms with Crippen LogP contribution in [0.4, 0.5) is 5.69 Å². The molecule has 0 bridgehead atoms. The van der Waals surface area contributed by atoms with Gasteiger partial charge in [-0.25, -0.2) is 10.3 Å². The first kappa shape index (κ1) is 24.0. The summed E-state index contributed by atoms with van der Waals surface area (Å²) < 4.78 is 11.6. The lowest BCUT2D eigenvalue weighted by Crippen LogP contribution is -2.48. The van der Waals surface area contributed by atoms with Crippen molar-refractivity contribution in [1.82, 2.24) is 10.4 Å². The predicted molar refractivity (Wildman–Crippen MR) is 137 cm³/mol. The van der Waals surface area contributed by atoms with Crippen molar-refractivity contribution in [3.63, 3.8) is 0 Å². The number of anilines is 1. The molecule has 0 saturated carbocycles. The molecule has 2 heterocycles. The quantitative estimate of drug-likeness (QED) is 0.483. The number of carbonyl (C=O) groups is 3. The minimum Gasteiger partial charge on any atom is -0.497 e. The van der Waals surface area contributed by atoms with Crippen LogP contribution in [0.3, 0.4) is 0 Å². The van der Waals surface area contributed by atoms with E-state index in [9.17, 15) is 14.4 Å². The molecule has 0 aromatic heterocycles. The standard InChI is InChI=1S/C27H24BrN3O5/c1-15-6-4-9-18(12-15)30-26(33)22-23(20-11-10-19(35-2)14-21(20)36-3)29-31(24(22)27(30)34)25(32)16-7-5-8-17(28)13-16/h4-14,22-24,29H,1-3H3/t22-,23+,24+/m1/s1. The number of halogens is 1. The molecular weight excluding hydrogens is 526 g/mol. The number of hydrogen-bond donors (Lipinski definition) is 1. The Kier molecular flexibility index (Phi) is 6.27. The van der Waals surface area contributed by atoms with Crippen molar-refractivity contribution < 1.29 is 23.9 Å². The molecule has 1 N–H and O–H groups in total. The van der Waals surface area contributed by atoms with Gasteiger partial charge in [0.1, 0.15) is 17.5 Å². The zero-order valence-electron chi connectivity index (χ0n) is 19.9. The molecule has 184 valence electrons. The number of fused-ring (bicyclic) bond motifs is 1. The molecule has 2 aliphatic rings. The molecule has 0 aliphatic carbocycles. The van der Waals surface area contributed by atoms with Crippen LogP contribution in [-0.2, 0) is 9.59 Å². The van der Waals surface area contributed by atoms with Crippen LogP contribution in [-0.4, -0.2) is 43.0 Å². The highest BCUT2D eigenvalue weighted by molar-refractivity contribution is 9.10. The number of hydrogen-bond acceptors (Lipinski definition) is 6. The average molecular weight is 550 g/mol. The molecule has 0 spiro atoms. The summed E-state index contributed by atoms with van der Waals surface area (Å²) in [7, 11) is 3.07. The van der Waals surface area contributed by atoms with Gasteiger partial charge in [0.25, 0.3) is 11.8 Å². The van der Waals surface area contributed by atoms with E-state index in [2.05, 4.69) is 21.4 Å². The summed E-state index contributed by atoms with van der Waals surface area (Å²) in [5.74, 6) is -1.03. The highest BCUT2D eigenvalue weighted by Crippen LogP contribution is 2.45. The maximum absolute atomic E-state index is 13.8. The van der Waals surface area contributed by atoms with E-state index >= 15 is 0 Å². The van der Waals surface area contributed by atoms with Crippen LogP contribution in [0.1, 0.15) is 27.5 Å². The first-order valence-corrected chi connectivity index (χ1v) is 12.1. The third-order valence-corrected chi connectivity index (χ3v) is 7.05. The molecule has 8 nitrogen and oxygen atoms in total. The lowest BCUT2D eigenvalue weighted by molar-refractivity contribution is -0.123. The van der Waals surface area contributed by atoms with E-state index in [-0.39, 0.29) is 5.91 Å². The number of hydrazine groups is 1. The second kappa shape index (κ2) is 9.40. The monoisotopic (exact) mass is 549 g/mol. The smallest absolute Gasteiger partial charge is 0.268 e. The van der Waals surface area contributed by atoms with E-state index < -0.39 is 29.8 Å². The number of carbonyl (C=O) groups excluding carboxylic acids is 3. The summed E-state index contributed by atoms with van der Waals surface area (Å²) in [6.45, 7) is 1.89. The van der Waals surface area contributed by atoms with Gasteiger partial charge in [0.2, 0.25) is 5.91 Å². The fourth-order valence-electron chi connectivity index (χ4n) is 4.89. The van der Waals surface area contributed by atoms with Crippen LogP contribution in [0.25, 0.3) is 0 Å². The number of methoxy groups -OCH3 is 2. The number of nitrogens with zero attached hydrogens (tertiary/aromatic N) is 2. The van der Waals surface area contributed by atoms with Crippen molar-refractivity contribution in [3.05, 3.63) is 87.9 Å². The number of benzene rings is 3. The van der Waals surface area contributed by atoms with Crippen LogP contribution in [0.2, 0.25) is 0 Å². The van der Waals surface area contributed by atoms with Crippen LogP contribution in [0, 0.1) is 12.8 Å². The molecule has 5 rings (SSSR count). The Morgan fingerprint density at radius 1 is 0.944 bits per heavy atom. The molecule has 2 saturated heterocycles. The maximum atomic E-state index is 13.8. The Morgan fingerprint density at radius 3 is 2.42 bits per heavy atom. The van der Waals surface area contributed by atoms with Crippen molar-refractivity contribution in [2.24, 2.45) is 5.92 Å². The summed E-state index contributed by atoms with van der Waals surface area (Å²) in [6.07, 6.45) is 0. The molecule has 3 aromatic carbocycles. The van der Waals surface area contributed by atoms with Gasteiger partial charge in [-0.3, -0.25) is 19.4 Å². The van der Waals surface area contributed by atoms with Gasteiger partial charge in [0.05, 0.1) is 31.9 Å². The van der Waals surface area contributed by atoms with Crippen LogP contribution in [0.15, 0.2) is 71.2 Å². The zero-order chi connectivity index (χ0) is 25.6. The predicted octanol–water partition coefficient (Wildman–Crippen LogP) is 4.03. The van der Waals surface area contributed by atoms with Crippen molar-refractivity contribution in [2.75, 3.05) is 19.1 Å². The van der Waals surface area contributed by atoms with E-state index in [4.69, 9.17) is 9.47 Å². The molecule has 0 radical (unpaired) electrons. The third-order valence-electron chi connectivity index (χ3n) is 6.56. The van der Waals surface area contributed by atoms with E-state index in [1.807, 2.05) is 19.1 Å². The highest BCUT2D eigenvalue weighted by atomic mass is 79.9. The largest absolute Gasteiger partial charge is 0.497 e. The Morgan fingerprint density at radius 2 is 1.72 bits per heavy atom. The van der Waals surface area contributed by atoms with Crippen molar-refractivity contribution in [1.29, 1.82) is 0 Å². The molecule has 36 heavy (non-hydrogen) atoms. The molecule has 3 aromatic rings. The van der Waals surface area contributed by atoms with E-state index in [0.29, 0.717) is 28.3 Å². The summed E-state index contributed by atoms with van der Waals surface area (Å²) >= 11 is 3.40. The molecule has 3 amide bonds. The van der Waals surface area contributed by atoms with Gasteiger partial charge in [-0.1, -0.05) is 34.1 Å². The van der Waals surface area contributed by atoms with Crippen molar-refractivity contribution >= 4 is 39.3 Å². The van der Waals surface area contributed by atoms with E-state index in [1.54, 1.807) is 61.7 Å². The third kappa shape index (κ3) is 3.94. The highest BCUT2D eigenvalue weighted by Gasteiger charge is 2.60. The Hall–Kier alpha value is -3.69. The number of nitrogens with one attached hydrogen (secondary N) is 1. The number of ether oxygens (including phenoxy) is 2. The first-order valence-electron chi connectivity index (χ1n) is 11.4. The molecule has 9 heteroatoms. The van der Waals surface area contributed by atoms with Crippen LogP contribution < -0.4 is 19.8 Å². The fraction of sp³-hybridized carbons (Fsp3) is 0.222. The van der Waals surface area contributed by atoms with Gasteiger partial charge in [-0.2, -0.15) is 0 Å². The van der Waals surface area contributed by atoms with Crippen molar-refractivity contribution in [2.45, 2.75) is 19.0 Å². The van der Waals surface area contributed by atoms with E-state index in [0.717, 1.165) is 10.0 Å². The minimum absolute atomic E-state index is 0.379.